The molecule has 0 saturated carbocycles. The number of aryl methyl sites for hydroxylation is 1. The highest BCUT2D eigenvalue weighted by atomic mass is 16.6. The summed E-state index contributed by atoms with van der Waals surface area (Å²) in [5.41, 5.74) is 3.48. The minimum Gasteiger partial charge on any atom is -0.444 e. The van der Waals surface area contributed by atoms with Crippen molar-refractivity contribution in [3.8, 4) is 0 Å². The summed E-state index contributed by atoms with van der Waals surface area (Å²) in [6.45, 7) is 10.3. The average molecular weight is 346 g/mol. The molecule has 1 fully saturated rings. The summed E-state index contributed by atoms with van der Waals surface area (Å²) in [5, 5.41) is 3.04. The van der Waals surface area contributed by atoms with Gasteiger partial charge in [0.15, 0.2) is 0 Å². The third-order valence-electron chi connectivity index (χ3n) is 4.72. The maximum atomic E-state index is 12.1. The second kappa shape index (κ2) is 7.75. The first-order valence-corrected chi connectivity index (χ1v) is 9.32. The number of nitrogens with zero attached hydrogens (tertiary/aromatic N) is 1. The normalized spacial score (nSPS) is 21.5. The van der Waals surface area contributed by atoms with E-state index in [2.05, 4.69) is 28.4 Å². The first kappa shape index (κ1) is 18.2. The molecule has 25 heavy (non-hydrogen) atoms. The van der Waals surface area contributed by atoms with Crippen molar-refractivity contribution >= 4 is 6.09 Å². The van der Waals surface area contributed by atoms with Gasteiger partial charge in [-0.1, -0.05) is 18.2 Å². The van der Waals surface area contributed by atoms with Crippen molar-refractivity contribution in [2.45, 2.75) is 58.2 Å². The number of hydrogen-bond acceptors (Lipinski definition) is 4. The Morgan fingerprint density at radius 3 is 2.80 bits per heavy atom. The number of hydrogen-bond donors (Lipinski definition) is 1. The highest BCUT2D eigenvalue weighted by Crippen LogP contribution is 2.31. The molecule has 0 bridgehead atoms. The lowest BCUT2D eigenvalue weighted by molar-refractivity contribution is 0.0342. The Labute approximate surface area is 150 Å². The molecule has 1 aliphatic heterocycles. The number of amides is 1. The zero-order chi connectivity index (χ0) is 17.9. The van der Waals surface area contributed by atoms with Crippen molar-refractivity contribution in [3.63, 3.8) is 0 Å². The Hall–Kier alpha value is -1.59. The Morgan fingerprint density at radius 1 is 1.32 bits per heavy atom. The van der Waals surface area contributed by atoms with Crippen molar-refractivity contribution in [2.75, 3.05) is 26.3 Å². The highest BCUT2D eigenvalue weighted by molar-refractivity contribution is 5.68. The van der Waals surface area contributed by atoms with Crippen LogP contribution in [-0.4, -0.2) is 42.9 Å². The van der Waals surface area contributed by atoms with E-state index in [9.17, 15) is 4.79 Å². The topological polar surface area (TPSA) is 50.8 Å². The number of carbonyl (C=O) groups excluding carboxylic acids is 1. The molecule has 2 aliphatic rings. The van der Waals surface area contributed by atoms with E-state index in [1.54, 1.807) is 0 Å². The molecule has 1 N–H and O–H groups in total. The zero-order valence-corrected chi connectivity index (χ0v) is 15.6. The molecule has 3 rings (SSSR count). The number of benzene rings is 1. The third kappa shape index (κ3) is 5.19. The fraction of sp³-hybridized carbons (Fsp3) is 0.650. The molecule has 0 aromatic heterocycles. The Morgan fingerprint density at radius 2 is 2.08 bits per heavy atom. The van der Waals surface area contributed by atoms with Crippen LogP contribution in [0.2, 0.25) is 0 Å². The average Bonchev–Trinajstić information content (AvgIpc) is 2.54. The number of nitrogens with one attached hydrogen (secondary N) is 1. The predicted octanol–water partition coefficient (Wildman–Crippen LogP) is 3.42. The smallest absolute Gasteiger partial charge is 0.408 e. The lowest BCUT2D eigenvalue weighted by atomic mass is 9.86. The van der Waals surface area contributed by atoms with Crippen LogP contribution in [0.4, 0.5) is 4.79 Å². The molecule has 1 heterocycles. The van der Waals surface area contributed by atoms with Crippen LogP contribution in [0.25, 0.3) is 0 Å². The van der Waals surface area contributed by atoms with Gasteiger partial charge in [-0.3, -0.25) is 4.90 Å². The minimum absolute atomic E-state index is 0.0519. The van der Waals surface area contributed by atoms with Gasteiger partial charge in [-0.05, 0) is 56.7 Å². The Balaban J connectivity index is 1.66. The van der Waals surface area contributed by atoms with Gasteiger partial charge in [0.2, 0.25) is 0 Å². The van der Waals surface area contributed by atoms with Gasteiger partial charge in [0, 0.05) is 19.6 Å². The fourth-order valence-electron chi connectivity index (χ4n) is 3.58. The van der Waals surface area contributed by atoms with E-state index in [0.717, 1.165) is 52.1 Å². The molecule has 1 saturated heterocycles. The second-order valence-corrected chi connectivity index (χ2v) is 8.01. The summed E-state index contributed by atoms with van der Waals surface area (Å²) in [5.74, 6) is 0. The van der Waals surface area contributed by atoms with Gasteiger partial charge in [0.1, 0.15) is 5.60 Å². The second-order valence-electron chi connectivity index (χ2n) is 8.01. The molecule has 1 aromatic rings. The van der Waals surface area contributed by atoms with E-state index in [1.807, 2.05) is 20.8 Å². The van der Waals surface area contributed by atoms with Crippen LogP contribution in [0.3, 0.4) is 0 Å². The Bertz CT molecular complexity index is 603. The SMILES string of the molecule is CC(C)(C)OC(=O)NC1CCCc2cc(CN3CCOCC3)ccc21. The molecule has 1 aromatic carbocycles. The number of carbonyl (C=O) groups is 1. The van der Waals surface area contributed by atoms with Crippen molar-refractivity contribution in [1.29, 1.82) is 0 Å². The number of fused-ring (bicyclic) bond motifs is 1. The van der Waals surface area contributed by atoms with Crippen LogP contribution in [0, 0.1) is 0 Å². The van der Waals surface area contributed by atoms with Gasteiger partial charge in [0.05, 0.1) is 19.3 Å². The fourth-order valence-corrected chi connectivity index (χ4v) is 3.58. The molecular formula is C20H30N2O3. The molecule has 5 heteroatoms. The largest absolute Gasteiger partial charge is 0.444 e. The molecule has 1 unspecified atom stereocenters. The maximum absolute atomic E-state index is 12.1. The van der Waals surface area contributed by atoms with Gasteiger partial charge in [0.25, 0.3) is 0 Å². The summed E-state index contributed by atoms with van der Waals surface area (Å²) in [6.07, 6.45) is 2.81. The van der Waals surface area contributed by atoms with Crippen molar-refractivity contribution < 1.29 is 14.3 Å². The van der Waals surface area contributed by atoms with Crippen LogP contribution < -0.4 is 5.32 Å². The first-order chi connectivity index (χ1) is 11.9. The standard InChI is InChI=1S/C20H30N2O3/c1-20(2,3)25-19(23)21-18-6-4-5-16-13-15(7-8-17(16)18)14-22-9-11-24-12-10-22/h7-8,13,18H,4-6,9-12,14H2,1-3H3,(H,21,23). The van der Waals surface area contributed by atoms with E-state index < -0.39 is 5.60 Å². The van der Waals surface area contributed by atoms with Crippen molar-refractivity contribution in [1.82, 2.24) is 10.2 Å². The monoisotopic (exact) mass is 346 g/mol. The van der Waals surface area contributed by atoms with E-state index >= 15 is 0 Å². The quantitative estimate of drug-likeness (QED) is 0.911. The molecule has 138 valence electrons. The third-order valence-corrected chi connectivity index (χ3v) is 4.72. The maximum Gasteiger partial charge on any atom is 0.408 e. The van der Waals surface area contributed by atoms with Gasteiger partial charge >= 0.3 is 6.09 Å². The first-order valence-electron chi connectivity index (χ1n) is 9.32. The summed E-state index contributed by atoms with van der Waals surface area (Å²) < 4.78 is 10.8. The van der Waals surface area contributed by atoms with E-state index in [0.29, 0.717) is 0 Å². The van der Waals surface area contributed by atoms with Crippen LogP contribution in [0.15, 0.2) is 18.2 Å². The van der Waals surface area contributed by atoms with Crippen LogP contribution >= 0.6 is 0 Å². The van der Waals surface area contributed by atoms with Crippen molar-refractivity contribution in [3.05, 3.63) is 34.9 Å². The van der Waals surface area contributed by atoms with E-state index in [4.69, 9.17) is 9.47 Å². The van der Waals surface area contributed by atoms with E-state index in [-0.39, 0.29) is 12.1 Å². The lowest BCUT2D eigenvalue weighted by Gasteiger charge is -2.30. The summed E-state index contributed by atoms with van der Waals surface area (Å²) >= 11 is 0. The zero-order valence-electron chi connectivity index (χ0n) is 15.6. The lowest BCUT2D eigenvalue weighted by Crippen LogP contribution is -2.36. The number of rotatable bonds is 3. The molecule has 0 radical (unpaired) electrons. The summed E-state index contributed by atoms with van der Waals surface area (Å²) in [4.78, 5) is 14.5. The summed E-state index contributed by atoms with van der Waals surface area (Å²) in [7, 11) is 0. The molecular weight excluding hydrogens is 316 g/mol. The van der Waals surface area contributed by atoms with Crippen LogP contribution in [-0.2, 0) is 22.4 Å². The highest BCUT2D eigenvalue weighted by Gasteiger charge is 2.25. The van der Waals surface area contributed by atoms with Gasteiger partial charge in [-0.2, -0.15) is 0 Å². The molecule has 1 aliphatic carbocycles. The number of ether oxygens (including phenoxy) is 2. The van der Waals surface area contributed by atoms with Gasteiger partial charge < -0.3 is 14.8 Å². The predicted molar refractivity (Wildman–Crippen MR) is 97.6 cm³/mol. The van der Waals surface area contributed by atoms with Gasteiger partial charge in [-0.15, -0.1) is 0 Å². The summed E-state index contributed by atoms with van der Waals surface area (Å²) in [6, 6.07) is 6.75. The molecule has 1 amide bonds. The van der Waals surface area contributed by atoms with Crippen molar-refractivity contribution in [2.24, 2.45) is 0 Å². The van der Waals surface area contributed by atoms with E-state index in [1.165, 1.54) is 16.7 Å². The number of alkyl carbamates (subject to hydrolysis) is 1. The molecule has 5 nitrogen and oxygen atoms in total. The number of morpholine rings is 1. The van der Waals surface area contributed by atoms with Gasteiger partial charge in [-0.25, -0.2) is 4.79 Å². The minimum atomic E-state index is -0.469. The molecule has 1 atom stereocenters. The molecule has 0 spiro atoms. The Kier molecular flexibility index (Phi) is 5.64. The van der Waals surface area contributed by atoms with Crippen LogP contribution in [0.5, 0.6) is 0 Å². The van der Waals surface area contributed by atoms with Crippen LogP contribution in [0.1, 0.15) is 56.3 Å².